The van der Waals surface area contributed by atoms with Gasteiger partial charge in [0, 0.05) is 0 Å². The van der Waals surface area contributed by atoms with Gasteiger partial charge in [0.25, 0.3) is 0 Å². The molecule has 0 saturated carbocycles. The van der Waals surface area contributed by atoms with Crippen molar-refractivity contribution >= 4 is 0 Å². The molecule has 1 aromatic carbocycles. The van der Waals surface area contributed by atoms with E-state index in [-0.39, 0.29) is 0 Å². The van der Waals surface area contributed by atoms with E-state index in [1.807, 2.05) is 38.1 Å². The molecule has 0 fully saturated rings. The highest BCUT2D eigenvalue weighted by Gasteiger charge is 1.82. The molecule has 0 aliphatic rings. The number of hydrogen-bond acceptors (Lipinski definition) is 0. The predicted octanol–water partition coefficient (Wildman–Crippen LogP) is 4.86. The summed E-state index contributed by atoms with van der Waals surface area (Å²) in [5, 5.41) is 0. The van der Waals surface area contributed by atoms with Crippen LogP contribution < -0.4 is 0 Å². The lowest BCUT2D eigenvalue weighted by molar-refractivity contribution is 1.09. The maximum atomic E-state index is 3.66. The predicted molar refractivity (Wildman–Crippen MR) is 67.7 cm³/mol. The highest BCUT2D eigenvalue weighted by molar-refractivity contribution is 5.16. The van der Waals surface area contributed by atoms with E-state index >= 15 is 0 Å². The van der Waals surface area contributed by atoms with Crippen molar-refractivity contribution in [3.8, 4) is 0 Å². The summed E-state index contributed by atoms with van der Waals surface area (Å²) in [6, 6.07) is 10.3. The molecule has 0 bridgehead atoms. The highest BCUT2D eigenvalue weighted by Crippen LogP contribution is 1.98. The molecule has 0 nitrogen and oxygen atoms in total. The van der Waals surface area contributed by atoms with Gasteiger partial charge in [-0.05, 0) is 12.0 Å². The quantitative estimate of drug-likeness (QED) is 0.587. The Bertz CT molecular complexity index is 186. The molecule has 1 rings (SSSR count). The van der Waals surface area contributed by atoms with Gasteiger partial charge in [0.2, 0.25) is 0 Å². The van der Waals surface area contributed by atoms with Crippen molar-refractivity contribution in [3.63, 3.8) is 0 Å². The zero-order chi connectivity index (χ0) is 11.2. The van der Waals surface area contributed by atoms with Gasteiger partial charge in [-0.1, -0.05) is 70.5 Å². The molecule has 0 heteroatoms. The summed E-state index contributed by atoms with van der Waals surface area (Å²) in [6.45, 7) is 11.9. The third-order valence-electron chi connectivity index (χ3n) is 1.22. The van der Waals surface area contributed by atoms with Crippen molar-refractivity contribution in [1.29, 1.82) is 0 Å². The van der Waals surface area contributed by atoms with Crippen molar-refractivity contribution in [3.05, 3.63) is 48.6 Å². The maximum absolute atomic E-state index is 3.66. The van der Waals surface area contributed by atoms with E-state index in [0.717, 1.165) is 6.42 Å². The van der Waals surface area contributed by atoms with Gasteiger partial charge < -0.3 is 0 Å². The third-order valence-corrected chi connectivity index (χ3v) is 1.22. The summed E-state index contributed by atoms with van der Waals surface area (Å²) in [4.78, 5) is 0. The van der Waals surface area contributed by atoms with Crippen LogP contribution in [0.15, 0.2) is 43.0 Å². The molecule has 0 unspecified atom stereocenters. The number of benzene rings is 1. The first-order valence-electron chi connectivity index (χ1n) is 5.49. The summed E-state index contributed by atoms with van der Waals surface area (Å²) in [5.74, 6) is 0. The second kappa shape index (κ2) is 14.5. The second-order valence-corrected chi connectivity index (χ2v) is 2.69. The first kappa shape index (κ1) is 15.4. The number of allylic oxidation sites excluding steroid dienone is 1. The molecule has 0 aromatic heterocycles. The lowest BCUT2D eigenvalue weighted by Gasteiger charge is -1.91. The minimum absolute atomic E-state index is 0.973. The first-order chi connectivity index (χ1) is 6.85. The van der Waals surface area contributed by atoms with E-state index in [4.69, 9.17) is 0 Å². The molecular weight excluding hydrogens is 168 g/mol. The molecule has 0 saturated heterocycles. The van der Waals surface area contributed by atoms with Crippen LogP contribution >= 0.6 is 0 Å². The summed E-state index contributed by atoms with van der Waals surface area (Å²) >= 11 is 0. The fraction of sp³-hybridized carbons (Fsp3) is 0.429. The molecule has 14 heavy (non-hydrogen) atoms. The fourth-order valence-corrected chi connectivity index (χ4v) is 0.781. The van der Waals surface area contributed by atoms with Crippen molar-refractivity contribution in [2.45, 2.75) is 40.5 Å². The van der Waals surface area contributed by atoms with Crippen LogP contribution in [0.2, 0.25) is 0 Å². The van der Waals surface area contributed by atoms with Crippen molar-refractivity contribution in [2.24, 2.45) is 0 Å². The largest absolute Gasteiger partial charge is 0.103 e. The molecule has 0 aliphatic heterocycles. The Morgan fingerprint density at radius 2 is 1.50 bits per heavy atom. The van der Waals surface area contributed by atoms with Crippen LogP contribution in [-0.2, 0) is 6.42 Å². The molecule has 0 spiro atoms. The molecule has 0 amide bonds. The molecule has 0 heterocycles. The standard InChI is InChI=1S/C9H10.C3H8.C2H6/c1-2-6-9-7-4-3-5-8-9;1-3-2;1-2/h2-5,7-8H,1,6H2;3H2,1-2H3;1-2H3. The number of hydrogen-bond donors (Lipinski definition) is 0. The van der Waals surface area contributed by atoms with E-state index in [1.54, 1.807) is 0 Å². The van der Waals surface area contributed by atoms with Gasteiger partial charge in [-0.3, -0.25) is 0 Å². The lowest BCUT2D eigenvalue weighted by atomic mass is 10.2. The molecule has 0 aliphatic carbocycles. The van der Waals surface area contributed by atoms with Crippen LogP contribution in [0.1, 0.15) is 39.7 Å². The van der Waals surface area contributed by atoms with E-state index in [2.05, 4.69) is 32.6 Å². The maximum Gasteiger partial charge on any atom is -0.0100 e. The minimum atomic E-state index is 0.973. The zero-order valence-corrected chi connectivity index (χ0v) is 10.1. The average Bonchev–Trinajstić information content (AvgIpc) is 2.24. The Kier molecular flexibility index (Phi) is 16.0. The Balaban J connectivity index is 0. The lowest BCUT2D eigenvalue weighted by Crippen LogP contribution is -1.75. The van der Waals surface area contributed by atoms with Gasteiger partial charge in [-0.15, -0.1) is 6.58 Å². The SMILES string of the molecule is C=CCc1ccccc1.CC.CCC. The van der Waals surface area contributed by atoms with Gasteiger partial charge in [0.15, 0.2) is 0 Å². The summed E-state index contributed by atoms with van der Waals surface area (Å²) in [7, 11) is 0. The Morgan fingerprint density at radius 3 is 1.86 bits per heavy atom. The van der Waals surface area contributed by atoms with Crippen LogP contribution in [0.25, 0.3) is 0 Å². The van der Waals surface area contributed by atoms with E-state index in [1.165, 1.54) is 12.0 Å². The van der Waals surface area contributed by atoms with Crippen LogP contribution in [0.3, 0.4) is 0 Å². The smallest absolute Gasteiger partial charge is 0.0100 e. The van der Waals surface area contributed by atoms with E-state index < -0.39 is 0 Å². The Hall–Kier alpha value is -1.04. The van der Waals surface area contributed by atoms with E-state index in [9.17, 15) is 0 Å². The second-order valence-electron chi connectivity index (χ2n) is 2.69. The molecule has 1 aromatic rings. The van der Waals surface area contributed by atoms with Crippen molar-refractivity contribution < 1.29 is 0 Å². The summed E-state index contributed by atoms with van der Waals surface area (Å²) in [6.07, 6.45) is 4.14. The highest BCUT2D eigenvalue weighted by atomic mass is 13.9. The zero-order valence-electron chi connectivity index (χ0n) is 10.1. The van der Waals surface area contributed by atoms with Gasteiger partial charge in [0.1, 0.15) is 0 Å². The monoisotopic (exact) mass is 192 g/mol. The minimum Gasteiger partial charge on any atom is -0.103 e. The summed E-state index contributed by atoms with van der Waals surface area (Å²) in [5.41, 5.74) is 1.33. The van der Waals surface area contributed by atoms with Crippen LogP contribution in [-0.4, -0.2) is 0 Å². The molecule has 0 radical (unpaired) electrons. The van der Waals surface area contributed by atoms with Gasteiger partial charge in [-0.2, -0.15) is 0 Å². The van der Waals surface area contributed by atoms with Gasteiger partial charge in [-0.25, -0.2) is 0 Å². The fourth-order valence-electron chi connectivity index (χ4n) is 0.781. The molecule has 0 atom stereocenters. The van der Waals surface area contributed by atoms with Crippen molar-refractivity contribution in [2.75, 3.05) is 0 Å². The van der Waals surface area contributed by atoms with Crippen LogP contribution in [0, 0.1) is 0 Å². The topological polar surface area (TPSA) is 0 Å². The van der Waals surface area contributed by atoms with Gasteiger partial charge in [0.05, 0.1) is 0 Å². The molecule has 0 N–H and O–H groups in total. The first-order valence-corrected chi connectivity index (χ1v) is 5.49. The normalized spacial score (nSPS) is 7.43. The van der Waals surface area contributed by atoms with E-state index in [0.29, 0.717) is 0 Å². The third kappa shape index (κ3) is 11.0. The Morgan fingerprint density at radius 1 is 1.07 bits per heavy atom. The Labute approximate surface area is 89.7 Å². The summed E-state index contributed by atoms with van der Waals surface area (Å²) < 4.78 is 0. The average molecular weight is 192 g/mol. The molecule has 80 valence electrons. The van der Waals surface area contributed by atoms with Crippen molar-refractivity contribution in [1.82, 2.24) is 0 Å². The van der Waals surface area contributed by atoms with Crippen LogP contribution in [0.4, 0.5) is 0 Å². The molecular formula is C14H24. The van der Waals surface area contributed by atoms with Crippen LogP contribution in [0.5, 0.6) is 0 Å². The van der Waals surface area contributed by atoms with Gasteiger partial charge >= 0.3 is 0 Å². The number of rotatable bonds is 2.